The number of fused-ring (bicyclic) bond motifs is 2. The lowest BCUT2D eigenvalue weighted by atomic mass is 10.1. The maximum absolute atomic E-state index is 13.1. The second kappa shape index (κ2) is 6.29. The zero-order valence-electron chi connectivity index (χ0n) is 15.7. The summed E-state index contributed by atoms with van der Waals surface area (Å²) in [5.74, 6) is 1.60. The van der Waals surface area contributed by atoms with Gasteiger partial charge in [-0.05, 0) is 45.4 Å². The van der Waals surface area contributed by atoms with Crippen molar-refractivity contribution in [2.75, 3.05) is 19.7 Å². The monoisotopic (exact) mass is 352 g/mol. The molecule has 4 rings (SSSR count). The van der Waals surface area contributed by atoms with Gasteiger partial charge >= 0.3 is 0 Å². The Morgan fingerprint density at radius 3 is 2.85 bits per heavy atom. The first-order chi connectivity index (χ1) is 12.5. The molecule has 1 fully saturated rings. The van der Waals surface area contributed by atoms with Crippen LogP contribution in [0.25, 0.3) is 0 Å². The van der Waals surface area contributed by atoms with Crippen LogP contribution in [0.3, 0.4) is 0 Å². The number of benzene rings is 1. The van der Waals surface area contributed by atoms with E-state index in [1.54, 1.807) is 0 Å². The summed E-state index contributed by atoms with van der Waals surface area (Å²) in [6.07, 6.45) is 0. The van der Waals surface area contributed by atoms with Gasteiger partial charge in [-0.1, -0.05) is 12.1 Å². The van der Waals surface area contributed by atoms with Gasteiger partial charge in [-0.2, -0.15) is 0 Å². The molecule has 3 heterocycles. The van der Waals surface area contributed by atoms with Crippen LogP contribution in [0.2, 0.25) is 0 Å². The standard InChI is InChI=1S/C20H24N4O2/c1-5-26-18-9-7-6-8-15(18)20(25)23-10-16-17(11-23)22-24-14(4)12(2)13(3)21-19(16)24/h6-9,17,22H,5,10-11H2,1-4H3. The summed E-state index contributed by atoms with van der Waals surface area (Å²) in [5.41, 5.74) is 8.70. The lowest BCUT2D eigenvalue weighted by molar-refractivity contribution is 0.0780. The molecule has 0 aliphatic carbocycles. The number of allylic oxidation sites excluding steroid dienone is 2. The molecule has 1 aromatic rings. The molecule has 6 heteroatoms. The molecule has 1 amide bonds. The Kier molecular flexibility index (Phi) is 4.07. The van der Waals surface area contributed by atoms with Gasteiger partial charge in [0.05, 0.1) is 18.2 Å². The first kappa shape index (κ1) is 16.8. The quantitative estimate of drug-likeness (QED) is 0.909. The summed E-state index contributed by atoms with van der Waals surface area (Å²) < 4.78 is 5.63. The van der Waals surface area contributed by atoms with Crippen LogP contribution in [0.1, 0.15) is 38.1 Å². The van der Waals surface area contributed by atoms with Crippen molar-refractivity contribution in [3.05, 3.63) is 52.5 Å². The summed E-state index contributed by atoms with van der Waals surface area (Å²) in [6.45, 7) is 9.91. The highest BCUT2D eigenvalue weighted by atomic mass is 16.5. The van der Waals surface area contributed by atoms with Crippen LogP contribution in [-0.4, -0.2) is 47.3 Å². The van der Waals surface area contributed by atoms with Crippen molar-refractivity contribution in [3.8, 4) is 5.75 Å². The molecule has 3 aliphatic rings. The second-order valence-electron chi connectivity index (χ2n) is 6.89. The minimum absolute atomic E-state index is 0.00450. The van der Waals surface area contributed by atoms with Gasteiger partial charge in [0.2, 0.25) is 0 Å². The zero-order valence-corrected chi connectivity index (χ0v) is 15.7. The molecule has 0 aromatic heterocycles. The maximum Gasteiger partial charge on any atom is 0.257 e. The van der Waals surface area contributed by atoms with Crippen LogP contribution in [0, 0.1) is 0 Å². The molecule has 1 aromatic carbocycles. The number of aliphatic imine (C=N–C) groups is 1. The summed E-state index contributed by atoms with van der Waals surface area (Å²) in [6, 6.07) is 7.56. The van der Waals surface area contributed by atoms with E-state index < -0.39 is 0 Å². The van der Waals surface area contributed by atoms with Crippen LogP contribution in [-0.2, 0) is 0 Å². The van der Waals surface area contributed by atoms with Crippen molar-refractivity contribution >= 4 is 11.6 Å². The van der Waals surface area contributed by atoms with Gasteiger partial charge in [0.1, 0.15) is 11.6 Å². The van der Waals surface area contributed by atoms with Crippen LogP contribution in [0.15, 0.2) is 51.9 Å². The average Bonchev–Trinajstić information content (AvgIpc) is 3.19. The highest BCUT2D eigenvalue weighted by Crippen LogP contribution is 2.35. The number of para-hydroxylation sites is 1. The molecule has 1 N–H and O–H groups in total. The fourth-order valence-corrected chi connectivity index (χ4v) is 3.72. The molecule has 0 radical (unpaired) electrons. The Morgan fingerprint density at radius 1 is 1.31 bits per heavy atom. The molecule has 0 saturated carbocycles. The molecule has 0 spiro atoms. The first-order valence-electron chi connectivity index (χ1n) is 9.04. The Labute approximate surface area is 153 Å². The van der Waals surface area contributed by atoms with Gasteiger partial charge in [0.25, 0.3) is 5.91 Å². The minimum Gasteiger partial charge on any atom is -0.493 e. The molecule has 1 atom stereocenters. The second-order valence-corrected chi connectivity index (χ2v) is 6.89. The van der Waals surface area contributed by atoms with Crippen LogP contribution in [0.5, 0.6) is 5.75 Å². The lowest BCUT2D eigenvalue weighted by Crippen LogP contribution is -2.42. The van der Waals surface area contributed by atoms with Crippen molar-refractivity contribution in [3.63, 3.8) is 0 Å². The third-order valence-corrected chi connectivity index (χ3v) is 5.37. The zero-order chi connectivity index (χ0) is 18.4. The van der Waals surface area contributed by atoms with Gasteiger partial charge in [-0.15, -0.1) is 0 Å². The number of likely N-dealkylation sites (tertiary alicyclic amines) is 1. The number of hydrogen-bond acceptors (Lipinski definition) is 5. The van der Waals surface area contributed by atoms with Gasteiger partial charge in [-0.3, -0.25) is 9.80 Å². The van der Waals surface area contributed by atoms with E-state index in [9.17, 15) is 4.79 Å². The van der Waals surface area contributed by atoms with Gasteiger partial charge in [0, 0.05) is 30.1 Å². The maximum atomic E-state index is 13.1. The predicted octanol–water partition coefficient (Wildman–Crippen LogP) is 2.71. The Morgan fingerprint density at radius 2 is 2.08 bits per heavy atom. The number of hydrazine groups is 1. The Bertz CT molecular complexity index is 868. The molecule has 26 heavy (non-hydrogen) atoms. The van der Waals surface area contributed by atoms with E-state index in [2.05, 4.69) is 24.3 Å². The van der Waals surface area contributed by atoms with Crippen LogP contribution >= 0.6 is 0 Å². The Hall–Kier alpha value is -2.60. The molecule has 6 nitrogen and oxygen atoms in total. The SMILES string of the molecule is CCOc1ccccc1C(=O)N1CC2=C3N=C(C)C(C)=C(C)N3NC2C1. The normalized spacial score (nSPS) is 21.8. The molecular formula is C20H24N4O2. The predicted molar refractivity (Wildman–Crippen MR) is 101 cm³/mol. The molecule has 1 saturated heterocycles. The minimum atomic E-state index is 0.00450. The van der Waals surface area contributed by atoms with Crippen molar-refractivity contribution in [1.29, 1.82) is 0 Å². The summed E-state index contributed by atoms with van der Waals surface area (Å²) in [5, 5.41) is 2.07. The number of nitrogens with zero attached hydrogens (tertiary/aromatic N) is 3. The first-order valence-corrected chi connectivity index (χ1v) is 9.04. The summed E-state index contributed by atoms with van der Waals surface area (Å²) >= 11 is 0. The summed E-state index contributed by atoms with van der Waals surface area (Å²) in [7, 11) is 0. The van der Waals surface area contributed by atoms with Gasteiger partial charge in [-0.25, -0.2) is 10.4 Å². The largest absolute Gasteiger partial charge is 0.493 e. The fraction of sp³-hybridized carbons (Fsp3) is 0.400. The van der Waals surface area contributed by atoms with Gasteiger partial charge in [0.15, 0.2) is 0 Å². The van der Waals surface area contributed by atoms with Gasteiger partial charge < -0.3 is 9.64 Å². The number of ether oxygens (including phenoxy) is 1. The number of nitrogens with one attached hydrogen (secondary N) is 1. The van der Waals surface area contributed by atoms with E-state index in [1.165, 1.54) is 16.8 Å². The Balaban J connectivity index is 1.61. The number of carbonyl (C=O) groups excluding carboxylic acids is 1. The number of amides is 1. The average molecular weight is 352 g/mol. The van der Waals surface area contributed by atoms with Crippen molar-refractivity contribution in [1.82, 2.24) is 15.3 Å². The third kappa shape index (κ3) is 2.52. The fourth-order valence-electron chi connectivity index (χ4n) is 3.72. The molecule has 1 unspecified atom stereocenters. The molecule has 136 valence electrons. The lowest BCUT2D eigenvalue weighted by Gasteiger charge is -2.29. The molecule has 0 bridgehead atoms. The third-order valence-electron chi connectivity index (χ3n) is 5.37. The van der Waals surface area contributed by atoms with E-state index in [1.807, 2.05) is 43.0 Å². The topological polar surface area (TPSA) is 57.2 Å². The van der Waals surface area contributed by atoms with E-state index in [0.717, 1.165) is 11.5 Å². The van der Waals surface area contributed by atoms with E-state index >= 15 is 0 Å². The van der Waals surface area contributed by atoms with Crippen LogP contribution < -0.4 is 10.2 Å². The van der Waals surface area contributed by atoms with E-state index in [4.69, 9.17) is 9.73 Å². The highest BCUT2D eigenvalue weighted by molar-refractivity contribution is 6.00. The van der Waals surface area contributed by atoms with Crippen molar-refractivity contribution in [2.24, 2.45) is 4.99 Å². The highest BCUT2D eigenvalue weighted by Gasteiger charge is 2.42. The molecular weight excluding hydrogens is 328 g/mol. The molecule has 3 aliphatic heterocycles. The van der Waals surface area contributed by atoms with Crippen molar-refractivity contribution in [2.45, 2.75) is 33.7 Å². The van der Waals surface area contributed by atoms with Crippen molar-refractivity contribution < 1.29 is 9.53 Å². The van der Waals surface area contributed by atoms with E-state index in [0.29, 0.717) is 31.0 Å². The number of rotatable bonds is 3. The number of carbonyl (C=O) groups is 1. The van der Waals surface area contributed by atoms with Crippen LogP contribution in [0.4, 0.5) is 0 Å². The smallest absolute Gasteiger partial charge is 0.257 e. The van der Waals surface area contributed by atoms with E-state index in [-0.39, 0.29) is 11.9 Å². The number of hydrogen-bond donors (Lipinski definition) is 1. The summed E-state index contributed by atoms with van der Waals surface area (Å²) in [4.78, 5) is 19.7.